The summed E-state index contributed by atoms with van der Waals surface area (Å²) in [7, 11) is -0.456. The number of carbonyl (C=O) groups excluding carboxylic acids is 1. The van der Waals surface area contributed by atoms with Crippen LogP contribution in [-0.2, 0) is 19.6 Å². The lowest BCUT2D eigenvalue weighted by molar-refractivity contribution is -0.123. The Hall–Kier alpha value is -2.82. The molecular formula is C22H28N2O7S. The largest absolute Gasteiger partial charge is 0.493 e. The standard InChI is InChI=1S/C22H28N2O7S/c1-16(17-4-9-20(28-2)21(14-17)29-3)23-22(25)15-31-18-5-7-19(8-6-18)32(26,27)24-10-12-30-13-11-24/h4-9,14,16H,10-13,15H2,1-3H3,(H,23,25). The summed E-state index contributed by atoms with van der Waals surface area (Å²) in [5.74, 6) is 1.28. The SMILES string of the molecule is COc1ccc(C(C)NC(=O)COc2ccc(S(=O)(=O)N3CCOCC3)cc2)cc1OC. The van der Waals surface area contributed by atoms with E-state index < -0.39 is 10.0 Å². The second-order valence-electron chi connectivity index (χ2n) is 7.18. The van der Waals surface area contributed by atoms with Crippen LogP contribution >= 0.6 is 0 Å². The summed E-state index contributed by atoms with van der Waals surface area (Å²) in [6.45, 7) is 3.09. The fourth-order valence-electron chi connectivity index (χ4n) is 3.28. The van der Waals surface area contributed by atoms with Crippen molar-refractivity contribution in [3.8, 4) is 17.2 Å². The molecule has 1 atom stereocenters. The topological polar surface area (TPSA) is 103 Å². The quantitative estimate of drug-likeness (QED) is 0.605. The Balaban J connectivity index is 1.54. The molecule has 1 heterocycles. The molecule has 10 heteroatoms. The first-order valence-electron chi connectivity index (χ1n) is 10.2. The van der Waals surface area contributed by atoms with Crippen LogP contribution in [0.25, 0.3) is 0 Å². The van der Waals surface area contributed by atoms with Crippen LogP contribution in [0.5, 0.6) is 17.2 Å². The third-order valence-electron chi connectivity index (χ3n) is 5.09. The van der Waals surface area contributed by atoms with Crippen LogP contribution in [0.3, 0.4) is 0 Å². The molecule has 2 aromatic rings. The van der Waals surface area contributed by atoms with Gasteiger partial charge in [-0.25, -0.2) is 8.42 Å². The van der Waals surface area contributed by atoms with E-state index in [0.29, 0.717) is 43.6 Å². The van der Waals surface area contributed by atoms with Gasteiger partial charge in [-0.05, 0) is 48.9 Å². The first-order valence-corrected chi connectivity index (χ1v) is 11.6. The van der Waals surface area contributed by atoms with Gasteiger partial charge < -0.3 is 24.3 Å². The number of carbonyl (C=O) groups is 1. The fourth-order valence-corrected chi connectivity index (χ4v) is 4.69. The molecule has 1 amide bonds. The van der Waals surface area contributed by atoms with Gasteiger partial charge in [-0.1, -0.05) is 6.07 Å². The summed E-state index contributed by atoms with van der Waals surface area (Å²) < 4.78 is 47.9. The Morgan fingerprint density at radius 2 is 1.72 bits per heavy atom. The molecule has 0 aromatic heterocycles. The number of morpholine rings is 1. The molecule has 2 aromatic carbocycles. The van der Waals surface area contributed by atoms with Crippen LogP contribution in [0.1, 0.15) is 18.5 Å². The smallest absolute Gasteiger partial charge is 0.258 e. The van der Waals surface area contributed by atoms with Crippen molar-refractivity contribution in [3.63, 3.8) is 0 Å². The highest BCUT2D eigenvalue weighted by molar-refractivity contribution is 7.89. The van der Waals surface area contributed by atoms with E-state index in [9.17, 15) is 13.2 Å². The van der Waals surface area contributed by atoms with E-state index >= 15 is 0 Å². The zero-order chi connectivity index (χ0) is 23.1. The molecule has 0 spiro atoms. The molecule has 0 radical (unpaired) electrons. The maximum atomic E-state index is 12.7. The molecule has 1 N–H and O–H groups in total. The molecule has 1 fully saturated rings. The van der Waals surface area contributed by atoms with Crippen molar-refractivity contribution in [2.45, 2.75) is 17.9 Å². The predicted octanol–water partition coefficient (Wildman–Crippen LogP) is 1.98. The molecule has 0 aliphatic carbocycles. The van der Waals surface area contributed by atoms with Gasteiger partial charge in [0.15, 0.2) is 18.1 Å². The summed E-state index contributed by atoms with van der Waals surface area (Å²) in [4.78, 5) is 12.5. The Morgan fingerprint density at radius 1 is 1.06 bits per heavy atom. The number of sulfonamides is 1. The van der Waals surface area contributed by atoms with Gasteiger partial charge in [0, 0.05) is 13.1 Å². The van der Waals surface area contributed by atoms with Crippen LogP contribution in [0.15, 0.2) is 47.4 Å². The van der Waals surface area contributed by atoms with Gasteiger partial charge in [0.05, 0.1) is 38.4 Å². The molecule has 3 rings (SSSR count). The lowest BCUT2D eigenvalue weighted by Crippen LogP contribution is -2.40. The predicted molar refractivity (Wildman–Crippen MR) is 118 cm³/mol. The molecule has 0 saturated carbocycles. The molecule has 0 bridgehead atoms. The van der Waals surface area contributed by atoms with Crippen molar-refractivity contribution in [1.82, 2.24) is 9.62 Å². The van der Waals surface area contributed by atoms with Gasteiger partial charge >= 0.3 is 0 Å². The van der Waals surface area contributed by atoms with Crippen molar-refractivity contribution in [2.24, 2.45) is 0 Å². The fraction of sp³-hybridized carbons (Fsp3) is 0.409. The normalized spacial score (nSPS) is 15.6. The highest BCUT2D eigenvalue weighted by atomic mass is 32.2. The number of methoxy groups -OCH3 is 2. The third kappa shape index (κ3) is 5.70. The van der Waals surface area contributed by atoms with Crippen LogP contribution in [0, 0.1) is 0 Å². The van der Waals surface area contributed by atoms with Crippen molar-refractivity contribution < 1.29 is 32.2 Å². The molecule has 1 unspecified atom stereocenters. The Morgan fingerprint density at radius 3 is 2.34 bits per heavy atom. The summed E-state index contributed by atoms with van der Waals surface area (Å²) in [5.41, 5.74) is 0.855. The zero-order valence-corrected chi connectivity index (χ0v) is 19.2. The van der Waals surface area contributed by atoms with Crippen molar-refractivity contribution in [2.75, 3.05) is 47.1 Å². The van der Waals surface area contributed by atoms with E-state index in [1.54, 1.807) is 38.5 Å². The van der Waals surface area contributed by atoms with Gasteiger partial charge in [-0.15, -0.1) is 0 Å². The molecule has 1 aliphatic rings. The van der Waals surface area contributed by atoms with E-state index in [0.717, 1.165) is 5.56 Å². The minimum Gasteiger partial charge on any atom is -0.493 e. The number of ether oxygens (including phenoxy) is 4. The van der Waals surface area contributed by atoms with Crippen LogP contribution < -0.4 is 19.5 Å². The van der Waals surface area contributed by atoms with E-state index in [1.165, 1.54) is 16.4 Å². The van der Waals surface area contributed by atoms with Gasteiger partial charge in [0.25, 0.3) is 5.91 Å². The van der Waals surface area contributed by atoms with Crippen molar-refractivity contribution in [3.05, 3.63) is 48.0 Å². The zero-order valence-electron chi connectivity index (χ0n) is 18.4. The number of hydrogen-bond donors (Lipinski definition) is 1. The van der Waals surface area contributed by atoms with Gasteiger partial charge in [-0.3, -0.25) is 4.79 Å². The Kier molecular flexibility index (Phi) is 7.94. The number of rotatable bonds is 9. The lowest BCUT2D eigenvalue weighted by Gasteiger charge is -2.26. The van der Waals surface area contributed by atoms with Crippen molar-refractivity contribution >= 4 is 15.9 Å². The maximum absolute atomic E-state index is 12.7. The molecule has 1 aliphatic heterocycles. The second-order valence-corrected chi connectivity index (χ2v) is 9.12. The average Bonchev–Trinajstić information content (AvgIpc) is 2.83. The molecule has 9 nitrogen and oxygen atoms in total. The number of nitrogens with zero attached hydrogens (tertiary/aromatic N) is 1. The number of benzene rings is 2. The van der Waals surface area contributed by atoms with Crippen LogP contribution in [0.4, 0.5) is 0 Å². The number of hydrogen-bond acceptors (Lipinski definition) is 7. The van der Waals surface area contributed by atoms with E-state index in [1.807, 2.05) is 13.0 Å². The van der Waals surface area contributed by atoms with E-state index in [-0.39, 0.29) is 23.5 Å². The first kappa shape index (κ1) is 23.8. The highest BCUT2D eigenvalue weighted by Crippen LogP contribution is 2.29. The molecule has 174 valence electrons. The Labute approximate surface area is 188 Å². The van der Waals surface area contributed by atoms with E-state index in [4.69, 9.17) is 18.9 Å². The van der Waals surface area contributed by atoms with Gasteiger partial charge in [0.1, 0.15) is 5.75 Å². The van der Waals surface area contributed by atoms with Crippen LogP contribution in [-0.4, -0.2) is 65.8 Å². The van der Waals surface area contributed by atoms with Gasteiger partial charge in [0.2, 0.25) is 10.0 Å². The maximum Gasteiger partial charge on any atom is 0.258 e. The second kappa shape index (κ2) is 10.7. The summed E-state index contributed by atoms with van der Waals surface area (Å²) in [6, 6.07) is 11.2. The minimum absolute atomic E-state index is 0.179. The summed E-state index contributed by atoms with van der Waals surface area (Å²) in [6.07, 6.45) is 0. The Bertz CT molecular complexity index is 1020. The molecular weight excluding hydrogens is 436 g/mol. The van der Waals surface area contributed by atoms with Crippen molar-refractivity contribution in [1.29, 1.82) is 0 Å². The van der Waals surface area contributed by atoms with Gasteiger partial charge in [-0.2, -0.15) is 4.31 Å². The minimum atomic E-state index is -3.57. The molecule has 1 saturated heterocycles. The number of amides is 1. The lowest BCUT2D eigenvalue weighted by atomic mass is 10.1. The average molecular weight is 465 g/mol. The third-order valence-corrected chi connectivity index (χ3v) is 7.00. The first-order chi connectivity index (χ1) is 15.3. The molecule has 32 heavy (non-hydrogen) atoms. The number of nitrogens with one attached hydrogen (secondary N) is 1. The highest BCUT2D eigenvalue weighted by Gasteiger charge is 2.26. The summed E-state index contributed by atoms with van der Waals surface area (Å²) >= 11 is 0. The monoisotopic (exact) mass is 464 g/mol. The van der Waals surface area contributed by atoms with Crippen LogP contribution in [0.2, 0.25) is 0 Å². The van der Waals surface area contributed by atoms with E-state index in [2.05, 4.69) is 5.32 Å². The summed E-state index contributed by atoms with van der Waals surface area (Å²) in [5, 5.41) is 2.86.